The zero-order valence-corrected chi connectivity index (χ0v) is 12.2. The molecule has 0 aromatic carbocycles. The highest BCUT2D eigenvalue weighted by Crippen LogP contribution is 2.46. The number of thioether (sulfide) groups is 1. The fourth-order valence-corrected chi connectivity index (χ4v) is 3.32. The molecule has 1 unspecified atom stereocenters. The zero-order valence-electron chi connectivity index (χ0n) is 11.4. The van der Waals surface area contributed by atoms with Gasteiger partial charge in [-0.05, 0) is 32.6 Å². The predicted molar refractivity (Wildman–Crippen MR) is 75.5 cm³/mol. The van der Waals surface area contributed by atoms with E-state index in [0.29, 0.717) is 25.1 Å². The molecule has 2 N–H and O–H groups in total. The van der Waals surface area contributed by atoms with Crippen LogP contribution in [0.3, 0.4) is 0 Å². The lowest BCUT2D eigenvalue weighted by atomic mass is 10.4. The zero-order chi connectivity index (χ0) is 13.2. The van der Waals surface area contributed by atoms with Crippen molar-refractivity contribution in [3.05, 3.63) is 5.82 Å². The molecule has 0 aliphatic heterocycles. The standard InChI is InChI=1S/C13H22N4OS/c1-2-18-11(7-14)8-19-13-16-15-12(9-3-4-9)17(13)10-5-6-10/h9-11H,2-8,14H2,1H3. The average molecular weight is 282 g/mol. The van der Waals surface area contributed by atoms with Gasteiger partial charge in [-0.2, -0.15) is 0 Å². The van der Waals surface area contributed by atoms with E-state index in [2.05, 4.69) is 14.8 Å². The maximum absolute atomic E-state index is 5.72. The Bertz CT molecular complexity index is 428. The fourth-order valence-electron chi connectivity index (χ4n) is 2.27. The predicted octanol–water partition coefficient (Wildman–Crippen LogP) is 1.95. The lowest BCUT2D eigenvalue weighted by molar-refractivity contribution is 0.0858. The SMILES string of the molecule is CCOC(CN)CSc1nnc(C2CC2)n1C1CC1. The Morgan fingerprint density at radius 3 is 2.74 bits per heavy atom. The summed E-state index contributed by atoms with van der Waals surface area (Å²) in [5, 5.41) is 9.85. The number of hydrogen-bond donors (Lipinski definition) is 1. The lowest BCUT2D eigenvalue weighted by Crippen LogP contribution is -2.26. The van der Waals surface area contributed by atoms with E-state index >= 15 is 0 Å². The third-order valence-corrected chi connectivity index (χ3v) is 4.68. The molecule has 3 rings (SSSR count). The van der Waals surface area contributed by atoms with Crippen LogP contribution in [0.25, 0.3) is 0 Å². The van der Waals surface area contributed by atoms with Gasteiger partial charge in [0.25, 0.3) is 0 Å². The van der Waals surface area contributed by atoms with E-state index < -0.39 is 0 Å². The summed E-state index contributed by atoms with van der Waals surface area (Å²) in [6.07, 6.45) is 5.22. The van der Waals surface area contributed by atoms with Gasteiger partial charge in [-0.3, -0.25) is 0 Å². The molecule has 106 valence electrons. The molecule has 0 saturated heterocycles. The number of ether oxygens (including phenoxy) is 1. The Kier molecular flexibility index (Phi) is 4.10. The molecule has 2 aliphatic carbocycles. The molecule has 1 aromatic rings. The first-order valence-corrected chi connectivity index (χ1v) is 8.21. The van der Waals surface area contributed by atoms with Gasteiger partial charge in [-0.15, -0.1) is 10.2 Å². The Morgan fingerprint density at radius 2 is 2.16 bits per heavy atom. The van der Waals surface area contributed by atoms with Crippen molar-refractivity contribution in [3.63, 3.8) is 0 Å². The first kappa shape index (κ1) is 13.4. The van der Waals surface area contributed by atoms with Crippen molar-refractivity contribution in [3.8, 4) is 0 Å². The van der Waals surface area contributed by atoms with Crippen LogP contribution in [0.4, 0.5) is 0 Å². The molecular formula is C13H22N4OS. The molecule has 19 heavy (non-hydrogen) atoms. The van der Waals surface area contributed by atoms with E-state index in [0.717, 1.165) is 10.9 Å². The van der Waals surface area contributed by atoms with E-state index in [-0.39, 0.29) is 6.10 Å². The van der Waals surface area contributed by atoms with Crippen molar-refractivity contribution < 1.29 is 4.74 Å². The monoisotopic (exact) mass is 282 g/mol. The number of nitrogens with two attached hydrogens (primary N) is 1. The second kappa shape index (κ2) is 5.81. The third kappa shape index (κ3) is 3.12. The maximum Gasteiger partial charge on any atom is 0.191 e. The first-order chi connectivity index (χ1) is 9.33. The van der Waals surface area contributed by atoms with Crippen LogP contribution in [0.2, 0.25) is 0 Å². The Labute approximate surface area is 118 Å². The van der Waals surface area contributed by atoms with Gasteiger partial charge in [-0.25, -0.2) is 0 Å². The average Bonchev–Trinajstić information content (AvgIpc) is 3.33. The van der Waals surface area contributed by atoms with Crippen LogP contribution in [0, 0.1) is 0 Å². The molecular weight excluding hydrogens is 260 g/mol. The highest BCUT2D eigenvalue weighted by molar-refractivity contribution is 7.99. The van der Waals surface area contributed by atoms with Gasteiger partial charge in [0.1, 0.15) is 5.82 Å². The molecule has 0 spiro atoms. The van der Waals surface area contributed by atoms with Crippen LogP contribution >= 0.6 is 11.8 Å². The van der Waals surface area contributed by atoms with E-state index in [4.69, 9.17) is 10.5 Å². The van der Waals surface area contributed by atoms with Gasteiger partial charge in [0.2, 0.25) is 0 Å². The molecule has 2 fully saturated rings. The minimum absolute atomic E-state index is 0.115. The molecule has 0 bridgehead atoms. The molecule has 0 amide bonds. The van der Waals surface area contributed by atoms with Crippen molar-refractivity contribution in [1.82, 2.24) is 14.8 Å². The van der Waals surface area contributed by atoms with Gasteiger partial charge < -0.3 is 15.0 Å². The van der Waals surface area contributed by atoms with Crippen molar-refractivity contribution in [1.29, 1.82) is 0 Å². The van der Waals surface area contributed by atoms with Gasteiger partial charge in [0, 0.05) is 30.9 Å². The quantitative estimate of drug-likeness (QED) is 0.738. The smallest absolute Gasteiger partial charge is 0.191 e. The van der Waals surface area contributed by atoms with Crippen LogP contribution < -0.4 is 5.73 Å². The number of hydrogen-bond acceptors (Lipinski definition) is 5. The summed E-state index contributed by atoms with van der Waals surface area (Å²) in [5.74, 6) is 2.74. The second-order valence-electron chi connectivity index (χ2n) is 5.34. The summed E-state index contributed by atoms with van der Waals surface area (Å²) >= 11 is 1.74. The van der Waals surface area contributed by atoms with Gasteiger partial charge in [0.05, 0.1) is 6.10 Å². The fraction of sp³-hybridized carbons (Fsp3) is 0.846. The second-order valence-corrected chi connectivity index (χ2v) is 6.33. The highest BCUT2D eigenvalue weighted by Gasteiger charge is 2.36. The highest BCUT2D eigenvalue weighted by atomic mass is 32.2. The van der Waals surface area contributed by atoms with Crippen LogP contribution in [0.15, 0.2) is 5.16 Å². The normalized spacial score (nSPS) is 20.7. The summed E-state index contributed by atoms with van der Waals surface area (Å²) in [4.78, 5) is 0. The van der Waals surface area contributed by atoms with Crippen molar-refractivity contribution in [2.24, 2.45) is 5.73 Å². The minimum atomic E-state index is 0.115. The molecule has 0 radical (unpaired) electrons. The maximum atomic E-state index is 5.72. The molecule has 1 aromatic heterocycles. The Balaban J connectivity index is 1.66. The van der Waals surface area contributed by atoms with E-state index in [1.54, 1.807) is 11.8 Å². The molecule has 1 atom stereocenters. The van der Waals surface area contributed by atoms with Crippen LogP contribution in [0.1, 0.15) is 50.4 Å². The van der Waals surface area contributed by atoms with Crippen molar-refractivity contribution in [2.75, 3.05) is 18.9 Å². The van der Waals surface area contributed by atoms with Crippen LogP contribution in [0.5, 0.6) is 0 Å². The molecule has 5 nitrogen and oxygen atoms in total. The summed E-state index contributed by atoms with van der Waals surface area (Å²) < 4.78 is 7.97. The van der Waals surface area contributed by atoms with Gasteiger partial charge in [-0.1, -0.05) is 11.8 Å². The molecule has 2 aliphatic rings. The third-order valence-electron chi connectivity index (χ3n) is 3.61. The summed E-state index contributed by atoms with van der Waals surface area (Å²) in [5.41, 5.74) is 5.72. The summed E-state index contributed by atoms with van der Waals surface area (Å²) in [7, 11) is 0. The number of aromatic nitrogens is 3. The number of nitrogens with zero attached hydrogens (tertiary/aromatic N) is 3. The summed E-state index contributed by atoms with van der Waals surface area (Å²) in [6.45, 7) is 3.28. The van der Waals surface area contributed by atoms with Crippen molar-refractivity contribution >= 4 is 11.8 Å². The van der Waals surface area contributed by atoms with Gasteiger partial charge >= 0.3 is 0 Å². The van der Waals surface area contributed by atoms with Crippen LogP contribution in [-0.4, -0.2) is 39.8 Å². The Morgan fingerprint density at radius 1 is 1.37 bits per heavy atom. The minimum Gasteiger partial charge on any atom is -0.376 e. The summed E-state index contributed by atoms with van der Waals surface area (Å²) in [6, 6.07) is 0.650. The lowest BCUT2D eigenvalue weighted by Gasteiger charge is -2.14. The van der Waals surface area contributed by atoms with Gasteiger partial charge in [0.15, 0.2) is 5.16 Å². The van der Waals surface area contributed by atoms with Crippen molar-refractivity contribution in [2.45, 2.75) is 55.8 Å². The van der Waals surface area contributed by atoms with E-state index in [1.165, 1.54) is 31.5 Å². The largest absolute Gasteiger partial charge is 0.376 e. The van der Waals surface area contributed by atoms with E-state index in [1.807, 2.05) is 6.92 Å². The molecule has 6 heteroatoms. The Hall–Kier alpha value is -0.590. The first-order valence-electron chi connectivity index (χ1n) is 7.22. The van der Waals surface area contributed by atoms with E-state index in [9.17, 15) is 0 Å². The molecule has 2 saturated carbocycles. The number of rotatable bonds is 8. The topological polar surface area (TPSA) is 66.0 Å². The van der Waals surface area contributed by atoms with Crippen LogP contribution in [-0.2, 0) is 4.74 Å². The molecule has 1 heterocycles.